The molecule has 30 heavy (non-hydrogen) atoms. The van der Waals surface area contributed by atoms with E-state index >= 15 is 0 Å². The lowest BCUT2D eigenvalue weighted by atomic mass is 9.94. The lowest BCUT2D eigenvalue weighted by molar-refractivity contribution is -0.136. The van der Waals surface area contributed by atoms with Gasteiger partial charge >= 0.3 is 0 Å². The number of piperidine rings is 1. The van der Waals surface area contributed by atoms with Gasteiger partial charge in [0.05, 0.1) is 0 Å². The molecule has 2 fully saturated rings. The van der Waals surface area contributed by atoms with E-state index in [4.69, 9.17) is 11.6 Å². The van der Waals surface area contributed by atoms with E-state index in [2.05, 4.69) is 21.2 Å². The van der Waals surface area contributed by atoms with Gasteiger partial charge in [0, 0.05) is 48.2 Å². The molecule has 2 saturated heterocycles. The SMILES string of the molecule is Cc1c(Cl)cccc1NC(=O)C1CCN(C(=O)C2CC(c3cccnc3)NN2)CC1. The molecule has 0 spiro atoms. The molecule has 2 unspecified atom stereocenters. The van der Waals surface area contributed by atoms with Gasteiger partial charge < -0.3 is 10.2 Å². The fraction of sp³-hybridized carbons (Fsp3) is 0.409. The first-order valence-electron chi connectivity index (χ1n) is 10.3. The normalized spacial score (nSPS) is 22.1. The van der Waals surface area contributed by atoms with Crippen molar-refractivity contribution in [3.63, 3.8) is 0 Å². The van der Waals surface area contributed by atoms with Crippen molar-refractivity contribution in [1.29, 1.82) is 0 Å². The maximum absolute atomic E-state index is 12.9. The van der Waals surface area contributed by atoms with Gasteiger partial charge in [-0.2, -0.15) is 0 Å². The molecule has 2 aromatic rings. The zero-order chi connectivity index (χ0) is 21.1. The third-order valence-corrected chi connectivity index (χ3v) is 6.40. The number of hydrogen-bond acceptors (Lipinski definition) is 5. The molecule has 7 nitrogen and oxygen atoms in total. The number of anilines is 1. The Balaban J connectivity index is 1.28. The van der Waals surface area contributed by atoms with E-state index in [0.717, 1.165) is 16.8 Å². The van der Waals surface area contributed by atoms with Crippen LogP contribution in [0.1, 0.15) is 36.4 Å². The van der Waals surface area contributed by atoms with Crippen LogP contribution in [0.4, 0.5) is 5.69 Å². The number of rotatable bonds is 4. The largest absolute Gasteiger partial charge is 0.341 e. The molecule has 0 aliphatic carbocycles. The summed E-state index contributed by atoms with van der Waals surface area (Å²) in [7, 11) is 0. The van der Waals surface area contributed by atoms with Crippen molar-refractivity contribution in [2.75, 3.05) is 18.4 Å². The number of aromatic nitrogens is 1. The van der Waals surface area contributed by atoms with Crippen LogP contribution in [0.5, 0.6) is 0 Å². The van der Waals surface area contributed by atoms with Crippen LogP contribution in [-0.4, -0.2) is 40.8 Å². The average Bonchev–Trinajstić information content (AvgIpc) is 3.27. The van der Waals surface area contributed by atoms with Crippen molar-refractivity contribution >= 4 is 29.1 Å². The summed E-state index contributed by atoms with van der Waals surface area (Å²) >= 11 is 6.14. The predicted octanol–water partition coefficient (Wildman–Crippen LogP) is 2.83. The van der Waals surface area contributed by atoms with Gasteiger partial charge in [-0.25, -0.2) is 10.9 Å². The Labute approximate surface area is 181 Å². The summed E-state index contributed by atoms with van der Waals surface area (Å²) < 4.78 is 0. The minimum Gasteiger partial charge on any atom is -0.341 e. The monoisotopic (exact) mass is 427 g/mol. The topological polar surface area (TPSA) is 86.4 Å². The van der Waals surface area contributed by atoms with Crippen molar-refractivity contribution in [2.24, 2.45) is 5.92 Å². The number of halogens is 1. The van der Waals surface area contributed by atoms with Gasteiger partial charge in [-0.3, -0.25) is 14.6 Å². The number of carbonyl (C=O) groups excluding carboxylic acids is 2. The van der Waals surface area contributed by atoms with Gasteiger partial charge in [0.2, 0.25) is 11.8 Å². The highest BCUT2D eigenvalue weighted by atomic mass is 35.5. The number of likely N-dealkylation sites (tertiary alicyclic amines) is 1. The Morgan fingerprint density at radius 1 is 1.17 bits per heavy atom. The van der Waals surface area contributed by atoms with Crippen molar-refractivity contribution < 1.29 is 9.59 Å². The number of pyridine rings is 1. The molecule has 0 saturated carbocycles. The Bertz CT molecular complexity index is 915. The van der Waals surface area contributed by atoms with Gasteiger partial charge in [-0.1, -0.05) is 23.7 Å². The second-order valence-electron chi connectivity index (χ2n) is 7.92. The first-order chi connectivity index (χ1) is 14.5. The minimum absolute atomic E-state index is 0.00948. The molecule has 0 bridgehead atoms. The Morgan fingerprint density at radius 2 is 1.97 bits per heavy atom. The van der Waals surface area contributed by atoms with Crippen molar-refractivity contribution in [3.05, 3.63) is 58.9 Å². The molecule has 4 rings (SSSR count). The second-order valence-corrected chi connectivity index (χ2v) is 8.32. The van der Waals surface area contributed by atoms with E-state index in [-0.39, 0.29) is 29.8 Å². The highest BCUT2D eigenvalue weighted by Gasteiger charge is 2.35. The van der Waals surface area contributed by atoms with Gasteiger partial charge in [0.1, 0.15) is 6.04 Å². The van der Waals surface area contributed by atoms with Gasteiger partial charge in [0.25, 0.3) is 0 Å². The smallest absolute Gasteiger partial charge is 0.241 e. The van der Waals surface area contributed by atoms with E-state index < -0.39 is 0 Å². The number of amides is 2. The molecule has 8 heteroatoms. The van der Waals surface area contributed by atoms with Gasteiger partial charge in [0.15, 0.2) is 0 Å². The highest BCUT2D eigenvalue weighted by molar-refractivity contribution is 6.31. The molecule has 3 heterocycles. The summed E-state index contributed by atoms with van der Waals surface area (Å²) in [6.07, 6.45) is 5.55. The van der Waals surface area contributed by atoms with Crippen LogP contribution >= 0.6 is 11.6 Å². The fourth-order valence-corrected chi connectivity index (χ4v) is 4.25. The lowest BCUT2D eigenvalue weighted by Crippen LogP contribution is -2.49. The summed E-state index contributed by atoms with van der Waals surface area (Å²) in [6, 6.07) is 9.19. The molecule has 2 aliphatic rings. The maximum Gasteiger partial charge on any atom is 0.241 e. The highest BCUT2D eigenvalue weighted by Crippen LogP contribution is 2.27. The third-order valence-electron chi connectivity index (χ3n) is 5.99. The molecule has 3 N–H and O–H groups in total. The van der Waals surface area contributed by atoms with Crippen LogP contribution in [0.25, 0.3) is 0 Å². The van der Waals surface area contributed by atoms with E-state index in [1.165, 1.54) is 0 Å². The lowest BCUT2D eigenvalue weighted by Gasteiger charge is -2.33. The van der Waals surface area contributed by atoms with E-state index in [9.17, 15) is 9.59 Å². The first kappa shape index (κ1) is 20.8. The van der Waals surface area contributed by atoms with Crippen molar-refractivity contribution in [3.8, 4) is 0 Å². The second kappa shape index (κ2) is 9.12. The summed E-state index contributed by atoms with van der Waals surface area (Å²) in [4.78, 5) is 31.6. The number of carbonyl (C=O) groups is 2. The van der Waals surface area contributed by atoms with Crippen LogP contribution in [0.2, 0.25) is 5.02 Å². The first-order valence-corrected chi connectivity index (χ1v) is 10.7. The van der Waals surface area contributed by atoms with E-state index in [1.54, 1.807) is 12.3 Å². The summed E-state index contributed by atoms with van der Waals surface area (Å²) in [6.45, 7) is 3.06. The molecule has 158 valence electrons. The Hall–Kier alpha value is -2.48. The third kappa shape index (κ3) is 4.48. The summed E-state index contributed by atoms with van der Waals surface area (Å²) in [5.74, 6) is -0.0339. The van der Waals surface area contributed by atoms with Gasteiger partial charge in [-0.05, 0) is 55.5 Å². The van der Waals surface area contributed by atoms with E-state index in [0.29, 0.717) is 37.4 Å². The molecule has 0 radical (unpaired) electrons. The van der Waals surface area contributed by atoms with Crippen LogP contribution in [0, 0.1) is 12.8 Å². The number of nitrogens with zero attached hydrogens (tertiary/aromatic N) is 2. The Kier molecular flexibility index (Phi) is 6.32. The molecular formula is C22H26ClN5O2. The molecule has 2 amide bonds. The number of benzene rings is 1. The van der Waals surface area contributed by atoms with E-state index in [1.807, 2.05) is 42.3 Å². The molecule has 1 aromatic carbocycles. The maximum atomic E-state index is 12.9. The molecule has 1 aromatic heterocycles. The molecule has 2 aliphatic heterocycles. The zero-order valence-electron chi connectivity index (χ0n) is 16.9. The van der Waals surface area contributed by atoms with Crippen molar-refractivity contribution in [2.45, 2.75) is 38.3 Å². The molecular weight excluding hydrogens is 402 g/mol. The van der Waals surface area contributed by atoms with Crippen LogP contribution < -0.4 is 16.2 Å². The average molecular weight is 428 g/mol. The van der Waals surface area contributed by atoms with Crippen LogP contribution in [0.15, 0.2) is 42.7 Å². The van der Waals surface area contributed by atoms with Crippen LogP contribution in [-0.2, 0) is 9.59 Å². The summed E-state index contributed by atoms with van der Waals surface area (Å²) in [5.41, 5.74) is 8.98. The van der Waals surface area contributed by atoms with Crippen LogP contribution in [0.3, 0.4) is 0 Å². The quantitative estimate of drug-likeness (QED) is 0.698. The number of hydrazine groups is 1. The van der Waals surface area contributed by atoms with Crippen molar-refractivity contribution in [1.82, 2.24) is 20.7 Å². The standard InChI is InChI=1S/C22H26ClN5O2/c1-14-17(23)5-2-6-18(14)25-21(29)15-7-10-28(11-8-15)22(30)20-12-19(26-27-20)16-4-3-9-24-13-16/h2-6,9,13,15,19-20,26-27H,7-8,10-12H2,1H3,(H,25,29). The number of hydrogen-bond donors (Lipinski definition) is 3. The Morgan fingerprint density at radius 3 is 2.70 bits per heavy atom. The minimum atomic E-state index is -0.269. The predicted molar refractivity (Wildman–Crippen MR) is 116 cm³/mol. The van der Waals surface area contributed by atoms with Gasteiger partial charge in [-0.15, -0.1) is 0 Å². The zero-order valence-corrected chi connectivity index (χ0v) is 17.7. The number of nitrogens with one attached hydrogen (secondary N) is 3. The molecule has 2 atom stereocenters. The summed E-state index contributed by atoms with van der Waals surface area (Å²) in [5, 5.41) is 3.62. The fourth-order valence-electron chi connectivity index (χ4n) is 4.08.